The first-order chi connectivity index (χ1) is 11.5. The van der Waals surface area contributed by atoms with Crippen LogP contribution >= 0.6 is 0 Å². The van der Waals surface area contributed by atoms with Crippen LogP contribution in [0.25, 0.3) is 0 Å². The first-order valence-electron chi connectivity index (χ1n) is 8.70. The number of hydrogen-bond donors (Lipinski definition) is 0. The van der Waals surface area contributed by atoms with Gasteiger partial charge in [-0.3, -0.25) is 4.90 Å². The number of ether oxygens (including phenoxy) is 1. The standard InChI is InChI=1S/C19H26N4O/c1-13(2)19-21-10-16-12-23(8-7-17(16)22-19)11-15-5-6-18(20-9-15)24-14(3)4/h5-6,9-10,13-14H,7-8,11-12H2,1-4H3. The number of fused-ring (bicyclic) bond motifs is 1. The quantitative estimate of drug-likeness (QED) is 0.843. The van der Waals surface area contributed by atoms with Crippen molar-refractivity contribution in [1.82, 2.24) is 19.9 Å². The molecule has 0 N–H and O–H groups in total. The van der Waals surface area contributed by atoms with Crippen molar-refractivity contribution < 1.29 is 4.74 Å². The Morgan fingerprint density at radius 3 is 2.62 bits per heavy atom. The molecule has 0 aliphatic carbocycles. The normalized spacial score (nSPS) is 14.9. The molecule has 128 valence electrons. The molecule has 0 spiro atoms. The molecule has 2 aromatic heterocycles. The molecule has 0 saturated heterocycles. The summed E-state index contributed by atoms with van der Waals surface area (Å²) in [5.74, 6) is 2.02. The molecule has 3 rings (SSSR count). The second-order valence-corrected chi connectivity index (χ2v) is 6.99. The van der Waals surface area contributed by atoms with Gasteiger partial charge >= 0.3 is 0 Å². The van der Waals surface area contributed by atoms with Gasteiger partial charge in [-0.2, -0.15) is 0 Å². The van der Waals surface area contributed by atoms with Crippen LogP contribution in [-0.2, 0) is 19.5 Å². The summed E-state index contributed by atoms with van der Waals surface area (Å²) in [5, 5.41) is 0. The summed E-state index contributed by atoms with van der Waals surface area (Å²) in [6.45, 7) is 11.1. The van der Waals surface area contributed by atoms with Gasteiger partial charge in [0.05, 0.1) is 6.10 Å². The van der Waals surface area contributed by atoms with E-state index >= 15 is 0 Å². The molecule has 0 saturated carbocycles. The second-order valence-electron chi connectivity index (χ2n) is 6.99. The number of rotatable bonds is 5. The van der Waals surface area contributed by atoms with E-state index in [9.17, 15) is 0 Å². The lowest BCUT2D eigenvalue weighted by atomic mass is 10.1. The van der Waals surface area contributed by atoms with Gasteiger partial charge in [-0.25, -0.2) is 15.0 Å². The zero-order chi connectivity index (χ0) is 17.1. The monoisotopic (exact) mass is 326 g/mol. The number of pyridine rings is 1. The Morgan fingerprint density at radius 1 is 1.12 bits per heavy atom. The van der Waals surface area contributed by atoms with E-state index in [0.29, 0.717) is 11.8 Å². The number of hydrogen-bond acceptors (Lipinski definition) is 5. The van der Waals surface area contributed by atoms with Crippen molar-refractivity contribution in [3.8, 4) is 5.88 Å². The van der Waals surface area contributed by atoms with Crippen molar-refractivity contribution in [2.24, 2.45) is 0 Å². The Morgan fingerprint density at radius 2 is 1.96 bits per heavy atom. The lowest BCUT2D eigenvalue weighted by molar-refractivity contribution is 0.230. The molecule has 0 unspecified atom stereocenters. The average Bonchev–Trinajstić information content (AvgIpc) is 2.55. The molecule has 0 fully saturated rings. The van der Waals surface area contributed by atoms with Crippen molar-refractivity contribution in [3.63, 3.8) is 0 Å². The maximum absolute atomic E-state index is 5.59. The van der Waals surface area contributed by atoms with E-state index in [-0.39, 0.29) is 6.10 Å². The summed E-state index contributed by atoms with van der Waals surface area (Å²) in [6, 6.07) is 4.05. The van der Waals surface area contributed by atoms with E-state index in [1.807, 2.05) is 32.3 Å². The Bertz CT molecular complexity index is 682. The van der Waals surface area contributed by atoms with Crippen molar-refractivity contribution in [3.05, 3.63) is 47.2 Å². The zero-order valence-electron chi connectivity index (χ0n) is 15.0. The first kappa shape index (κ1) is 16.8. The van der Waals surface area contributed by atoms with Crippen LogP contribution in [0.1, 0.15) is 56.3 Å². The predicted molar refractivity (Wildman–Crippen MR) is 93.9 cm³/mol. The van der Waals surface area contributed by atoms with Crippen molar-refractivity contribution in [2.45, 2.75) is 59.2 Å². The Kier molecular flexibility index (Phi) is 5.09. The van der Waals surface area contributed by atoms with Crippen LogP contribution in [0, 0.1) is 0 Å². The highest BCUT2D eigenvalue weighted by molar-refractivity contribution is 5.23. The Hall–Kier alpha value is -2.01. The van der Waals surface area contributed by atoms with Crippen LogP contribution in [0.4, 0.5) is 0 Å². The summed E-state index contributed by atoms with van der Waals surface area (Å²) < 4.78 is 5.59. The minimum Gasteiger partial charge on any atom is -0.475 e. The summed E-state index contributed by atoms with van der Waals surface area (Å²) >= 11 is 0. The Labute approximate surface area is 144 Å². The zero-order valence-corrected chi connectivity index (χ0v) is 15.0. The van der Waals surface area contributed by atoms with Crippen LogP contribution < -0.4 is 4.74 Å². The first-order valence-corrected chi connectivity index (χ1v) is 8.70. The average molecular weight is 326 g/mol. The molecule has 5 nitrogen and oxygen atoms in total. The second kappa shape index (κ2) is 7.26. The maximum atomic E-state index is 5.59. The fourth-order valence-electron chi connectivity index (χ4n) is 2.88. The van der Waals surface area contributed by atoms with Gasteiger partial charge < -0.3 is 4.74 Å². The molecule has 0 aromatic carbocycles. The van der Waals surface area contributed by atoms with Gasteiger partial charge in [-0.15, -0.1) is 0 Å². The minimum atomic E-state index is 0.151. The van der Waals surface area contributed by atoms with Gasteiger partial charge in [0, 0.05) is 61.7 Å². The molecular weight excluding hydrogens is 300 g/mol. The smallest absolute Gasteiger partial charge is 0.213 e. The van der Waals surface area contributed by atoms with Crippen molar-refractivity contribution in [2.75, 3.05) is 6.54 Å². The van der Waals surface area contributed by atoms with Crippen LogP contribution in [0.3, 0.4) is 0 Å². The third kappa shape index (κ3) is 4.09. The van der Waals surface area contributed by atoms with Crippen LogP contribution in [0.5, 0.6) is 5.88 Å². The van der Waals surface area contributed by atoms with Gasteiger partial charge in [-0.05, 0) is 19.4 Å². The fourth-order valence-corrected chi connectivity index (χ4v) is 2.88. The van der Waals surface area contributed by atoms with E-state index in [1.54, 1.807) is 0 Å². The minimum absolute atomic E-state index is 0.151. The largest absolute Gasteiger partial charge is 0.475 e. The van der Waals surface area contributed by atoms with Gasteiger partial charge in [0.15, 0.2) is 0 Å². The molecule has 24 heavy (non-hydrogen) atoms. The molecule has 0 amide bonds. The molecule has 0 atom stereocenters. The maximum Gasteiger partial charge on any atom is 0.213 e. The molecule has 0 radical (unpaired) electrons. The van der Waals surface area contributed by atoms with Crippen LogP contribution in [-0.4, -0.2) is 32.5 Å². The number of nitrogens with zero attached hydrogens (tertiary/aromatic N) is 4. The molecule has 5 heteroatoms. The fraction of sp³-hybridized carbons (Fsp3) is 0.526. The number of aromatic nitrogens is 3. The van der Waals surface area contributed by atoms with E-state index in [1.165, 1.54) is 16.8 Å². The van der Waals surface area contributed by atoms with Crippen LogP contribution in [0.15, 0.2) is 24.5 Å². The van der Waals surface area contributed by atoms with E-state index in [4.69, 9.17) is 9.72 Å². The molecule has 2 aromatic rings. The van der Waals surface area contributed by atoms with Gasteiger partial charge in [-0.1, -0.05) is 19.9 Å². The highest BCUT2D eigenvalue weighted by atomic mass is 16.5. The van der Waals surface area contributed by atoms with Crippen molar-refractivity contribution >= 4 is 0 Å². The van der Waals surface area contributed by atoms with Gasteiger partial charge in [0.25, 0.3) is 0 Å². The Balaban J connectivity index is 1.63. The van der Waals surface area contributed by atoms with E-state index < -0.39 is 0 Å². The lowest BCUT2D eigenvalue weighted by Crippen LogP contribution is -2.31. The summed E-state index contributed by atoms with van der Waals surface area (Å²) in [4.78, 5) is 16.0. The third-order valence-electron chi connectivity index (χ3n) is 4.11. The molecule has 1 aliphatic rings. The molecular formula is C19H26N4O. The third-order valence-corrected chi connectivity index (χ3v) is 4.11. The van der Waals surface area contributed by atoms with Gasteiger partial charge in [0.1, 0.15) is 5.82 Å². The van der Waals surface area contributed by atoms with Crippen molar-refractivity contribution in [1.29, 1.82) is 0 Å². The highest BCUT2D eigenvalue weighted by Crippen LogP contribution is 2.21. The lowest BCUT2D eigenvalue weighted by Gasteiger charge is -2.28. The summed E-state index contributed by atoms with van der Waals surface area (Å²) in [7, 11) is 0. The molecule has 1 aliphatic heterocycles. The molecule has 3 heterocycles. The highest BCUT2D eigenvalue weighted by Gasteiger charge is 2.19. The topological polar surface area (TPSA) is 51.1 Å². The molecule has 0 bridgehead atoms. The summed E-state index contributed by atoms with van der Waals surface area (Å²) in [5.41, 5.74) is 3.66. The van der Waals surface area contributed by atoms with Gasteiger partial charge in [0.2, 0.25) is 5.88 Å². The van der Waals surface area contributed by atoms with Crippen LogP contribution in [0.2, 0.25) is 0 Å². The van der Waals surface area contributed by atoms with E-state index in [2.05, 4.69) is 34.8 Å². The van der Waals surface area contributed by atoms with E-state index in [0.717, 1.165) is 31.9 Å². The predicted octanol–water partition coefficient (Wildman–Crippen LogP) is 3.34. The SMILES string of the molecule is CC(C)Oc1ccc(CN2CCc3nc(C(C)C)ncc3C2)cn1. The summed E-state index contributed by atoms with van der Waals surface area (Å²) in [6.07, 6.45) is 5.05.